The monoisotopic (exact) mass is 452 g/mol. The highest BCUT2D eigenvalue weighted by molar-refractivity contribution is 8.18. The number of carbonyl (C=O) groups excluding carboxylic acids is 1. The summed E-state index contributed by atoms with van der Waals surface area (Å²) in [5.74, 6) is -0.0965. The van der Waals surface area contributed by atoms with Gasteiger partial charge in [0, 0.05) is 30.1 Å². The van der Waals surface area contributed by atoms with Crippen LogP contribution in [0.25, 0.3) is 23.0 Å². The third kappa shape index (κ3) is 4.31. The normalized spacial score (nSPS) is 14.5. The number of hydrogen-bond acceptors (Lipinski definition) is 5. The zero-order valence-corrected chi connectivity index (χ0v) is 18.6. The molecule has 0 bridgehead atoms. The molecule has 0 aliphatic carbocycles. The van der Waals surface area contributed by atoms with E-state index in [4.69, 9.17) is 5.10 Å². The molecule has 0 radical (unpaired) electrons. The zero-order chi connectivity index (χ0) is 22.8. The highest BCUT2D eigenvalue weighted by atomic mass is 32.2. The average molecular weight is 453 g/mol. The van der Waals surface area contributed by atoms with Gasteiger partial charge in [0.25, 0.3) is 5.91 Å². The summed E-state index contributed by atoms with van der Waals surface area (Å²) in [5, 5.41) is 14.9. The topological polar surface area (TPSA) is 70.7 Å². The number of rotatable bonds is 4. The highest BCUT2D eigenvalue weighted by Crippen LogP contribution is 2.34. The lowest BCUT2D eigenvalue weighted by atomic mass is 10.1. The number of aromatic hydroxyl groups is 1. The Bertz CT molecular complexity index is 1360. The lowest BCUT2D eigenvalue weighted by molar-refractivity contribution is -0.113. The molecule has 4 aromatic rings. The van der Waals surface area contributed by atoms with Crippen molar-refractivity contribution in [1.29, 1.82) is 0 Å². The van der Waals surface area contributed by atoms with E-state index in [1.807, 2.05) is 89.6 Å². The van der Waals surface area contributed by atoms with E-state index in [1.165, 1.54) is 11.8 Å². The van der Waals surface area contributed by atoms with Gasteiger partial charge in [-0.05, 0) is 54.2 Å². The van der Waals surface area contributed by atoms with Gasteiger partial charge in [-0.2, -0.15) is 10.1 Å². The Balaban J connectivity index is 1.49. The minimum Gasteiger partial charge on any atom is -0.508 e. The van der Waals surface area contributed by atoms with E-state index in [9.17, 15) is 9.90 Å². The molecule has 3 aromatic carbocycles. The molecular formula is C26H20N4O2S. The first-order valence-electron chi connectivity index (χ1n) is 10.3. The van der Waals surface area contributed by atoms with Crippen LogP contribution in [0.3, 0.4) is 0 Å². The molecule has 0 fully saturated rings. The fourth-order valence-corrected chi connectivity index (χ4v) is 4.38. The molecular weight excluding hydrogens is 432 g/mol. The first-order chi connectivity index (χ1) is 16.1. The maximum Gasteiger partial charge on any atom is 0.286 e. The van der Waals surface area contributed by atoms with E-state index in [2.05, 4.69) is 4.99 Å². The summed E-state index contributed by atoms with van der Waals surface area (Å²) >= 11 is 1.32. The van der Waals surface area contributed by atoms with Crippen LogP contribution >= 0.6 is 11.8 Å². The first-order valence-corrected chi connectivity index (χ1v) is 11.2. The van der Waals surface area contributed by atoms with Gasteiger partial charge in [0.1, 0.15) is 5.75 Å². The Kier molecular flexibility index (Phi) is 5.54. The number of aromatic nitrogens is 2. The van der Waals surface area contributed by atoms with E-state index in [-0.39, 0.29) is 11.7 Å². The molecule has 0 atom stereocenters. The van der Waals surface area contributed by atoms with Crippen molar-refractivity contribution < 1.29 is 9.90 Å². The van der Waals surface area contributed by atoms with Crippen LogP contribution < -0.4 is 4.90 Å². The second-order valence-corrected chi connectivity index (χ2v) is 8.47. The molecule has 1 amide bonds. The second kappa shape index (κ2) is 8.80. The lowest BCUT2D eigenvalue weighted by Crippen LogP contribution is -2.21. The Morgan fingerprint density at radius 1 is 0.939 bits per heavy atom. The molecule has 5 rings (SSSR count). The number of amides is 1. The number of phenolic OH excluding ortho intramolecular Hbond substituents is 1. The largest absolute Gasteiger partial charge is 0.508 e. The van der Waals surface area contributed by atoms with Gasteiger partial charge >= 0.3 is 0 Å². The van der Waals surface area contributed by atoms with Gasteiger partial charge in [-0.15, -0.1) is 0 Å². The second-order valence-electron chi connectivity index (χ2n) is 7.46. The minimum atomic E-state index is -0.285. The fraction of sp³-hybridized carbons (Fsp3) is 0.0385. The summed E-state index contributed by atoms with van der Waals surface area (Å²) in [5.41, 5.74) is 4.37. The predicted molar refractivity (Wildman–Crippen MR) is 134 cm³/mol. The van der Waals surface area contributed by atoms with Crippen LogP contribution in [0.4, 0.5) is 5.69 Å². The van der Waals surface area contributed by atoms with Crippen molar-refractivity contribution in [1.82, 2.24) is 9.78 Å². The van der Waals surface area contributed by atoms with E-state index in [0.29, 0.717) is 10.1 Å². The van der Waals surface area contributed by atoms with Crippen molar-refractivity contribution in [3.05, 3.63) is 102 Å². The summed E-state index contributed by atoms with van der Waals surface area (Å²) in [6.45, 7) is 0. The Hall–Kier alpha value is -4.10. The van der Waals surface area contributed by atoms with Crippen molar-refractivity contribution in [3.8, 4) is 22.7 Å². The number of amidine groups is 1. The molecule has 0 spiro atoms. The van der Waals surface area contributed by atoms with Crippen molar-refractivity contribution in [2.24, 2.45) is 4.99 Å². The van der Waals surface area contributed by atoms with Gasteiger partial charge < -0.3 is 10.0 Å². The third-order valence-corrected chi connectivity index (χ3v) is 6.29. The van der Waals surface area contributed by atoms with Crippen LogP contribution in [0, 0.1) is 0 Å². The molecule has 33 heavy (non-hydrogen) atoms. The number of thioether (sulfide) groups is 1. The number of anilines is 1. The summed E-state index contributed by atoms with van der Waals surface area (Å²) < 4.78 is 1.82. The third-order valence-electron chi connectivity index (χ3n) is 5.23. The van der Waals surface area contributed by atoms with Gasteiger partial charge in [0.05, 0.1) is 16.3 Å². The summed E-state index contributed by atoms with van der Waals surface area (Å²) in [6, 6.07) is 26.6. The van der Waals surface area contributed by atoms with Crippen molar-refractivity contribution in [2.75, 3.05) is 11.9 Å². The maximum absolute atomic E-state index is 12.7. The van der Waals surface area contributed by atoms with Crippen molar-refractivity contribution >= 4 is 34.6 Å². The van der Waals surface area contributed by atoms with Crippen molar-refractivity contribution in [2.45, 2.75) is 0 Å². The summed E-state index contributed by atoms with van der Waals surface area (Å²) in [4.78, 5) is 19.3. The SMILES string of the molecule is CN(C1=NC(=O)C(=Cc2cn(-c3ccccc3)nc2-c2ccccc2)S1)c1ccc(O)cc1. The standard InChI is InChI=1S/C26H20N4O2S/c1-29(20-12-14-22(31)15-13-20)26-27-25(32)23(33-26)16-19-17-30(21-10-6-3-7-11-21)28-24(19)18-8-4-2-5-9-18/h2-17,31H,1H3. The van der Waals surface area contributed by atoms with E-state index >= 15 is 0 Å². The Morgan fingerprint density at radius 3 is 2.30 bits per heavy atom. The van der Waals surface area contributed by atoms with Crippen molar-refractivity contribution in [3.63, 3.8) is 0 Å². The highest BCUT2D eigenvalue weighted by Gasteiger charge is 2.26. The first kappa shape index (κ1) is 20.8. The number of aliphatic imine (C=N–C) groups is 1. The molecule has 7 heteroatoms. The Morgan fingerprint density at radius 2 is 1.61 bits per heavy atom. The molecule has 1 aliphatic rings. The molecule has 1 aliphatic heterocycles. The number of para-hydroxylation sites is 1. The van der Waals surface area contributed by atoms with E-state index < -0.39 is 0 Å². The quantitative estimate of drug-likeness (QED) is 0.423. The van der Waals surface area contributed by atoms with Crippen LogP contribution in [0.15, 0.2) is 101 Å². The predicted octanol–water partition coefficient (Wildman–Crippen LogP) is 5.35. The van der Waals surface area contributed by atoms with Gasteiger partial charge in [0.15, 0.2) is 5.17 Å². The molecule has 2 heterocycles. The van der Waals surface area contributed by atoms with Crippen LogP contribution in [-0.2, 0) is 4.79 Å². The van der Waals surface area contributed by atoms with Gasteiger partial charge in [-0.3, -0.25) is 4.79 Å². The Labute approximate surface area is 195 Å². The van der Waals surface area contributed by atoms with E-state index in [1.54, 1.807) is 24.3 Å². The summed E-state index contributed by atoms with van der Waals surface area (Å²) in [7, 11) is 1.84. The van der Waals surface area contributed by atoms with Gasteiger partial charge in [-0.25, -0.2) is 4.68 Å². The number of carbonyl (C=O) groups is 1. The lowest BCUT2D eigenvalue weighted by Gasteiger charge is -2.17. The fourth-order valence-electron chi connectivity index (χ4n) is 3.50. The molecule has 1 aromatic heterocycles. The van der Waals surface area contributed by atoms with Crippen LogP contribution in [0.1, 0.15) is 5.56 Å². The minimum absolute atomic E-state index is 0.189. The van der Waals surface area contributed by atoms with Crippen LogP contribution in [0.2, 0.25) is 0 Å². The molecule has 0 saturated carbocycles. The van der Waals surface area contributed by atoms with Crippen LogP contribution in [0.5, 0.6) is 5.75 Å². The van der Waals surface area contributed by atoms with Gasteiger partial charge in [-0.1, -0.05) is 48.5 Å². The number of phenols is 1. The molecule has 6 nitrogen and oxygen atoms in total. The number of hydrogen-bond donors (Lipinski definition) is 1. The zero-order valence-electron chi connectivity index (χ0n) is 17.8. The maximum atomic E-state index is 12.7. The number of nitrogens with zero attached hydrogens (tertiary/aromatic N) is 4. The van der Waals surface area contributed by atoms with Gasteiger partial charge in [0.2, 0.25) is 0 Å². The summed E-state index contributed by atoms with van der Waals surface area (Å²) in [6.07, 6.45) is 3.78. The molecule has 0 saturated heterocycles. The van der Waals surface area contributed by atoms with E-state index in [0.717, 1.165) is 28.2 Å². The average Bonchev–Trinajstić information content (AvgIpc) is 3.44. The molecule has 162 valence electrons. The smallest absolute Gasteiger partial charge is 0.286 e. The van der Waals surface area contributed by atoms with Crippen LogP contribution in [-0.4, -0.2) is 33.0 Å². The molecule has 1 N–H and O–H groups in total. The molecule has 0 unspecified atom stereocenters. The number of benzene rings is 3.